The maximum absolute atomic E-state index is 12.4. The second-order valence-corrected chi connectivity index (χ2v) is 10.0. The van der Waals surface area contributed by atoms with Crippen LogP contribution in [0.25, 0.3) is 0 Å². The molecule has 3 rings (SSSR count). The smallest absolute Gasteiger partial charge is 0.338 e. The summed E-state index contributed by atoms with van der Waals surface area (Å²) in [5, 5.41) is 13.1. The number of aromatic nitrogens is 3. The summed E-state index contributed by atoms with van der Waals surface area (Å²) in [6, 6.07) is 12.2. The first-order chi connectivity index (χ1) is 16.4. The van der Waals surface area contributed by atoms with Gasteiger partial charge >= 0.3 is 5.97 Å². The summed E-state index contributed by atoms with van der Waals surface area (Å²) in [7, 11) is 1.87. The molecule has 0 aliphatic heterocycles. The van der Waals surface area contributed by atoms with Crippen LogP contribution in [0.15, 0.2) is 47.6 Å². The molecule has 0 unspecified atom stereocenters. The van der Waals surface area contributed by atoms with Gasteiger partial charge in [-0.05, 0) is 42.3 Å². The van der Waals surface area contributed by atoms with E-state index in [1.54, 1.807) is 42.1 Å². The highest BCUT2D eigenvalue weighted by atomic mass is 35.5. The van der Waals surface area contributed by atoms with Crippen molar-refractivity contribution in [3.63, 3.8) is 0 Å². The van der Waals surface area contributed by atoms with Crippen molar-refractivity contribution < 1.29 is 14.3 Å². The highest BCUT2D eigenvalue weighted by Crippen LogP contribution is 2.26. The Kier molecular flexibility index (Phi) is 10.1. The van der Waals surface area contributed by atoms with Gasteiger partial charge in [0.1, 0.15) is 5.82 Å². The lowest BCUT2D eigenvalue weighted by molar-refractivity contribution is -0.113. The molecule has 0 bridgehead atoms. The predicted molar refractivity (Wildman–Crippen MR) is 139 cm³/mol. The molecule has 7 nitrogen and oxygen atoms in total. The molecule has 0 spiro atoms. The first kappa shape index (κ1) is 26.4. The zero-order valence-electron chi connectivity index (χ0n) is 18.7. The number of nitrogens with zero attached hydrogens (tertiary/aromatic N) is 3. The van der Waals surface area contributed by atoms with Crippen molar-refractivity contribution in [2.45, 2.75) is 30.0 Å². The van der Waals surface area contributed by atoms with Crippen LogP contribution in [-0.2, 0) is 28.1 Å². The summed E-state index contributed by atoms with van der Waals surface area (Å²) in [4.78, 5) is 24.4. The van der Waals surface area contributed by atoms with Gasteiger partial charge in [0.15, 0.2) is 5.16 Å². The third-order valence-electron chi connectivity index (χ3n) is 4.58. The fourth-order valence-electron chi connectivity index (χ4n) is 2.82. The topological polar surface area (TPSA) is 86.1 Å². The Morgan fingerprint density at radius 1 is 1.12 bits per heavy atom. The van der Waals surface area contributed by atoms with Crippen molar-refractivity contribution in [1.29, 1.82) is 0 Å². The molecule has 1 amide bonds. The molecule has 11 heteroatoms. The maximum atomic E-state index is 12.4. The molecule has 1 heterocycles. The van der Waals surface area contributed by atoms with Crippen LogP contribution in [-0.4, -0.2) is 39.0 Å². The molecule has 1 N–H and O–H groups in total. The highest BCUT2D eigenvalue weighted by molar-refractivity contribution is 7.99. The molecule has 2 aromatic carbocycles. The molecule has 3 aromatic rings. The lowest BCUT2D eigenvalue weighted by Gasteiger charge is -2.08. The zero-order chi connectivity index (χ0) is 24.5. The highest BCUT2D eigenvalue weighted by Gasteiger charge is 2.13. The van der Waals surface area contributed by atoms with Gasteiger partial charge in [-0.2, -0.15) is 0 Å². The van der Waals surface area contributed by atoms with Gasteiger partial charge in [0.05, 0.1) is 23.7 Å². The van der Waals surface area contributed by atoms with Gasteiger partial charge in [-0.3, -0.25) is 4.79 Å². The number of esters is 1. The van der Waals surface area contributed by atoms with E-state index in [1.165, 1.54) is 11.8 Å². The van der Waals surface area contributed by atoms with Crippen LogP contribution in [0.2, 0.25) is 10.0 Å². The molecule has 180 valence electrons. The van der Waals surface area contributed by atoms with Crippen molar-refractivity contribution in [3.8, 4) is 0 Å². The van der Waals surface area contributed by atoms with E-state index in [0.29, 0.717) is 38.8 Å². The third-order valence-corrected chi connectivity index (χ3v) is 7.17. The molecule has 1 aromatic heterocycles. The molecule has 0 saturated heterocycles. The van der Waals surface area contributed by atoms with E-state index in [1.807, 2.05) is 30.7 Å². The summed E-state index contributed by atoms with van der Waals surface area (Å²) >= 11 is 15.1. The SMILES string of the molecule is CCCOC(=O)c1cccc(NC(=O)CSc2nnc(CSCc3ccc(Cl)cc3Cl)n2C)c1. The first-order valence-corrected chi connectivity index (χ1v) is 13.4. The number of nitrogens with one attached hydrogen (secondary N) is 1. The number of benzene rings is 2. The van der Waals surface area contributed by atoms with Gasteiger partial charge in [0, 0.05) is 28.5 Å². The van der Waals surface area contributed by atoms with Crippen molar-refractivity contribution in [2.75, 3.05) is 17.7 Å². The summed E-state index contributed by atoms with van der Waals surface area (Å²) in [5.74, 6) is 1.71. The molecular formula is C23H24Cl2N4O3S2. The minimum absolute atomic E-state index is 0.157. The predicted octanol–water partition coefficient (Wildman–Crippen LogP) is 5.85. The number of ether oxygens (including phenoxy) is 1. The fraction of sp³-hybridized carbons (Fsp3) is 0.304. The number of amides is 1. The Morgan fingerprint density at radius 3 is 2.71 bits per heavy atom. The minimum atomic E-state index is -0.407. The van der Waals surface area contributed by atoms with Crippen LogP contribution < -0.4 is 5.32 Å². The Balaban J connectivity index is 1.48. The van der Waals surface area contributed by atoms with Crippen molar-refractivity contribution >= 4 is 64.3 Å². The van der Waals surface area contributed by atoms with Crippen molar-refractivity contribution in [1.82, 2.24) is 14.8 Å². The molecule has 34 heavy (non-hydrogen) atoms. The van der Waals surface area contributed by atoms with Gasteiger partial charge in [-0.15, -0.1) is 22.0 Å². The van der Waals surface area contributed by atoms with Crippen LogP contribution in [0.3, 0.4) is 0 Å². The Hall–Kier alpha value is -2.20. The van der Waals surface area contributed by atoms with E-state index < -0.39 is 5.97 Å². The number of anilines is 1. The van der Waals surface area contributed by atoms with E-state index >= 15 is 0 Å². The summed E-state index contributed by atoms with van der Waals surface area (Å²) < 4.78 is 7.01. The number of thioether (sulfide) groups is 2. The van der Waals surface area contributed by atoms with Gasteiger partial charge in [0.2, 0.25) is 5.91 Å². The number of hydrogen-bond donors (Lipinski definition) is 1. The minimum Gasteiger partial charge on any atom is -0.462 e. The van der Waals surface area contributed by atoms with Crippen molar-refractivity contribution in [3.05, 3.63) is 69.5 Å². The number of rotatable bonds is 11. The van der Waals surface area contributed by atoms with Crippen LogP contribution in [0, 0.1) is 0 Å². The van der Waals surface area contributed by atoms with E-state index in [2.05, 4.69) is 15.5 Å². The summed E-state index contributed by atoms with van der Waals surface area (Å²) in [5.41, 5.74) is 1.94. The molecule has 0 aliphatic rings. The van der Waals surface area contributed by atoms with Crippen LogP contribution in [0.5, 0.6) is 0 Å². The molecule has 0 aliphatic carbocycles. The second kappa shape index (κ2) is 13.0. The number of carbonyl (C=O) groups excluding carboxylic acids is 2. The average molecular weight is 540 g/mol. The van der Waals surface area contributed by atoms with Crippen LogP contribution in [0.1, 0.15) is 35.1 Å². The number of halogens is 2. The molecule has 0 fully saturated rings. The molecular weight excluding hydrogens is 515 g/mol. The van der Waals surface area contributed by atoms with E-state index in [4.69, 9.17) is 27.9 Å². The van der Waals surface area contributed by atoms with E-state index in [9.17, 15) is 9.59 Å². The third kappa shape index (κ3) is 7.66. The second-order valence-electron chi connectivity index (χ2n) is 7.24. The van der Waals surface area contributed by atoms with E-state index in [0.717, 1.165) is 23.6 Å². The monoisotopic (exact) mass is 538 g/mol. The Labute approximate surface area is 216 Å². The maximum Gasteiger partial charge on any atom is 0.338 e. The lowest BCUT2D eigenvalue weighted by atomic mass is 10.2. The standard InChI is InChI=1S/C23H24Cl2N4O3S2/c1-3-9-32-22(31)15-5-4-6-18(10-15)26-21(30)14-34-23-28-27-20(29(23)2)13-33-12-16-7-8-17(24)11-19(16)25/h4-8,10-11H,3,9,12-14H2,1-2H3,(H,26,30). The summed E-state index contributed by atoms with van der Waals surface area (Å²) in [6.07, 6.45) is 0.749. The zero-order valence-corrected chi connectivity index (χ0v) is 21.9. The first-order valence-electron chi connectivity index (χ1n) is 10.5. The Morgan fingerprint density at radius 2 is 1.94 bits per heavy atom. The largest absolute Gasteiger partial charge is 0.462 e. The van der Waals surface area contributed by atoms with Gasteiger partial charge in [-0.25, -0.2) is 4.79 Å². The Bertz CT molecular complexity index is 1160. The van der Waals surface area contributed by atoms with E-state index in [-0.39, 0.29) is 11.7 Å². The molecule has 0 saturated carbocycles. The lowest BCUT2D eigenvalue weighted by Crippen LogP contribution is -2.15. The number of hydrogen-bond acceptors (Lipinski definition) is 7. The normalized spacial score (nSPS) is 10.8. The summed E-state index contributed by atoms with van der Waals surface area (Å²) in [6.45, 7) is 2.29. The average Bonchev–Trinajstić information content (AvgIpc) is 3.17. The number of carbonyl (C=O) groups is 2. The quantitative estimate of drug-likeness (QED) is 0.242. The molecule has 0 radical (unpaired) electrons. The van der Waals surface area contributed by atoms with Crippen LogP contribution in [0.4, 0.5) is 5.69 Å². The van der Waals surface area contributed by atoms with Crippen molar-refractivity contribution in [2.24, 2.45) is 7.05 Å². The molecule has 0 atom stereocenters. The van der Waals surface area contributed by atoms with Gasteiger partial charge in [-0.1, -0.05) is 54.0 Å². The van der Waals surface area contributed by atoms with Gasteiger partial charge < -0.3 is 14.6 Å². The van der Waals surface area contributed by atoms with Gasteiger partial charge in [0.25, 0.3) is 0 Å². The van der Waals surface area contributed by atoms with Crippen LogP contribution >= 0.6 is 46.7 Å². The fourth-order valence-corrected chi connectivity index (χ4v) is 5.11.